The van der Waals surface area contributed by atoms with Gasteiger partial charge in [-0.1, -0.05) is 77.4 Å². The monoisotopic (exact) mass is 372 g/mol. The molecule has 0 aromatic carbocycles. The number of thioether (sulfide) groups is 1. The second-order valence-electron chi connectivity index (χ2n) is 6.82. The first-order chi connectivity index (χ1) is 12.1. The molecule has 0 spiro atoms. The van der Waals surface area contributed by atoms with Gasteiger partial charge in [-0.15, -0.1) is 0 Å². The lowest BCUT2D eigenvalue weighted by Gasteiger charge is -2.18. The van der Waals surface area contributed by atoms with Gasteiger partial charge in [-0.3, -0.25) is 4.79 Å². The number of aliphatic hydroxyl groups excluding tert-OH is 1. The molecule has 0 fully saturated rings. The quantitative estimate of drug-likeness (QED) is 0.222. The average molecular weight is 373 g/mol. The van der Waals surface area contributed by atoms with Gasteiger partial charge in [-0.25, -0.2) is 0 Å². The van der Waals surface area contributed by atoms with E-state index in [1.54, 1.807) is 11.8 Å². The van der Waals surface area contributed by atoms with Gasteiger partial charge in [0.2, 0.25) is 0 Å². The van der Waals surface area contributed by atoms with Crippen LogP contribution in [0.2, 0.25) is 0 Å². The predicted molar refractivity (Wildman–Crippen MR) is 110 cm³/mol. The molecule has 2 N–H and O–H groups in total. The molecular weight excluding hydrogens is 332 g/mol. The van der Waals surface area contributed by atoms with Crippen molar-refractivity contribution in [2.45, 2.75) is 109 Å². The van der Waals surface area contributed by atoms with Gasteiger partial charge >= 0.3 is 5.97 Å². The Kier molecular flexibility index (Phi) is 18.0. The fraction of sp³-hybridized carbons (Fsp3) is 0.857. The number of allylic oxidation sites excluding steroid dienone is 1. The molecule has 0 radical (unpaired) electrons. The Morgan fingerprint density at radius 1 is 0.960 bits per heavy atom. The highest BCUT2D eigenvalue weighted by Gasteiger charge is 2.16. The molecule has 0 aliphatic rings. The molecular formula is C21H40O3S. The van der Waals surface area contributed by atoms with E-state index in [9.17, 15) is 9.90 Å². The summed E-state index contributed by atoms with van der Waals surface area (Å²) in [5.41, 5.74) is 0. The van der Waals surface area contributed by atoms with Gasteiger partial charge in [0.1, 0.15) is 0 Å². The van der Waals surface area contributed by atoms with Crippen molar-refractivity contribution in [2.75, 3.05) is 5.75 Å². The predicted octanol–water partition coefficient (Wildman–Crippen LogP) is 6.20. The molecule has 0 aromatic heterocycles. The fourth-order valence-electron chi connectivity index (χ4n) is 2.92. The number of hydrogen-bond donors (Lipinski definition) is 2. The molecule has 0 rings (SSSR count). The minimum absolute atomic E-state index is 0.0948. The molecule has 0 bridgehead atoms. The highest BCUT2D eigenvalue weighted by atomic mass is 32.2. The van der Waals surface area contributed by atoms with Crippen LogP contribution in [0.15, 0.2) is 12.2 Å². The Labute approximate surface area is 159 Å². The lowest BCUT2D eigenvalue weighted by atomic mass is 10.1. The summed E-state index contributed by atoms with van der Waals surface area (Å²) >= 11 is 1.74. The van der Waals surface area contributed by atoms with Crippen LogP contribution >= 0.6 is 11.8 Å². The van der Waals surface area contributed by atoms with Crippen molar-refractivity contribution in [1.29, 1.82) is 0 Å². The minimum atomic E-state index is -0.784. The number of carboxylic acid groups (broad SMARTS) is 1. The topological polar surface area (TPSA) is 57.5 Å². The summed E-state index contributed by atoms with van der Waals surface area (Å²) in [5.74, 6) is 0.177. The lowest BCUT2D eigenvalue weighted by Crippen LogP contribution is -2.21. The zero-order valence-electron chi connectivity index (χ0n) is 16.4. The van der Waals surface area contributed by atoms with Crippen LogP contribution in [-0.4, -0.2) is 33.3 Å². The number of aliphatic carboxylic acids is 1. The van der Waals surface area contributed by atoms with Gasteiger partial charge in [-0.05, 0) is 31.4 Å². The van der Waals surface area contributed by atoms with E-state index in [0.29, 0.717) is 12.8 Å². The van der Waals surface area contributed by atoms with Crippen molar-refractivity contribution >= 4 is 17.7 Å². The number of rotatable bonds is 18. The van der Waals surface area contributed by atoms with E-state index in [2.05, 4.69) is 26.0 Å². The van der Waals surface area contributed by atoms with Crippen LogP contribution < -0.4 is 0 Å². The fourth-order valence-corrected chi connectivity index (χ4v) is 3.88. The van der Waals surface area contributed by atoms with E-state index >= 15 is 0 Å². The van der Waals surface area contributed by atoms with Crippen LogP contribution in [-0.2, 0) is 4.79 Å². The van der Waals surface area contributed by atoms with Gasteiger partial charge in [0.25, 0.3) is 0 Å². The summed E-state index contributed by atoms with van der Waals surface area (Å²) in [6.45, 7) is 4.35. The largest absolute Gasteiger partial charge is 0.481 e. The maximum atomic E-state index is 10.6. The van der Waals surface area contributed by atoms with E-state index in [1.165, 1.54) is 57.8 Å². The number of unbranched alkanes of at least 4 members (excludes halogenated alkanes) is 9. The number of aliphatic hydroxyl groups is 1. The van der Waals surface area contributed by atoms with Crippen molar-refractivity contribution in [3.8, 4) is 0 Å². The number of hydrogen-bond acceptors (Lipinski definition) is 3. The molecule has 0 aliphatic heterocycles. The highest BCUT2D eigenvalue weighted by Crippen LogP contribution is 2.20. The first-order valence-corrected chi connectivity index (χ1v) is 11.3. The molecule has 4 heteroatoms. The van der Waals surface area contributed by atoms with Gasteiger partial charge in [0, 0.05) is 11.7 Å². The summed E-state index contributed by atoms with van der Waals surface area (Å²) in [4.78, 5) is 10.6. The Morgan fingerprint density at radius 3 is 2.12 bits per heavy atom. The van der Waals surface area contributed by atoms with Gasteiger partial charge in [0.15, 0.2) is 0 Å². The zero-order valence-corrected chi connectivity index (χ0v) is 17.2. The molecule has 2 atom stereocenters. The lowest BCUT2D eigenvalue weighted by molar-refractivity contribution is -0.137. The van der Waals surface area contributed by atoms with E-state index < -0.39 is 12.1 Å². The Morgan fingerprint density at radius 2 is 1.56 bits per heavy atom. The van der Waals surface area contributed by atoms with E-state index in [1.807, 2.05) is 0 Å². The number of carbonyl (C=O) groups is 1. The zero-order chi connectivity index (χ0) is 18.8. The number of carboxylic acids is 1. The average Bonchev–Trinajstić information content (AvgIpc) is 2.58. The maximum Gasteiger partial charge on any atom is 0.303 e. The molecule has 148 valence electrons. The summed E-state index contributed by atoms with van der Waals surface area (Å²) < 4.78 is 0. The Bertz CT molecular complexity index is 331. The molecule has 0 amide bonds. The molecule has 0 heterocycles. The Hall–Kier alpha value is -0.480. The van der Waals surface area contributed by atoms with E-state index in [0.717, 1.165) is 12.2 Å². The van der Waals surface area contributed by atoms with Crippen molar-refractivity contribution in [3.05, 3.63) is 12.2 Å². The third-order valence-corrected chi connectivity index (χ3v) is 5.62. The van der Waals surface area contributed by atoms with Crippen LogP contribution in [0.1, 0.15) is 97.3 Å². The first kappa shape index (κ1) is 24.5. The summed E-state index contributed by atoms with van der Waals surface area (Å²) in [7, 11) is 0. The molecule has 0 saturated heterocycles. The van der Waals surface area contributed by atoms with Crippen molar-refractivity contribution in [2.24, 2.45) is 0 Å². The first-order valence-electron chi connectivity index (χ1n) is 10.3. The van der Waals surface area contributed by atoms with Gasteiger partial charge in [-0.2, -0.15) is 11.8 Å². The smallest absolute Gasteiger partial charge is 0.303 e. The van der Waals surface area contributed by atoms with Crippen molar-refractivity contribution in [1.82, 2.24) is 0 Å². The second kappa shape index (κ2) is 18.3. The van der Waals surface area contributed by atoms with Crippen LogP contribution in [0.4, 0.5) is 0 Å². The van der Waals surface area contributed by atoms with E-state index in [4.69, 9.17) is 5.11 Å². The minimum Gasteiger partial charge on any atom is -0.481 e. The summed E-state index contributed by atoms with van der Waals surface area (Å²) in [6, 6.07) is 0. The van der Waals surface area contributed by atoms with Gasteiger partial charge in [0.05, 0.1) is 6.10 Å². The van der Waals surface area contributed by atoms with Crippen molar-refractivity contribution < 1.29 is 15.0 Å². The third-order valence-electron chi connectivity index (χ3n) is 4.43. The Balaban J connectivity index is 3.75. The molecule has 0 aromatic rings. The molecule has 0 saturated carbocycles. The van der Waals surface area contributed by atoms with Crippen LogP contribution in [0, 0.1) is 0 Å². The maximum absolute atomic E-state index is 10.6. The summed E-state index contributed by atoms with van der Waals surface area (Å²) in [5, 5.41) is 19.0. The van der Waals surface area contributed by atoms with E-state index in [-0.39, 0.29) is 11.7 Å². The van der Waals surface area contributed by atoms with Crippen molar-refractivity contribution in [3.63, 3.8) is 0 Å². The standard InChI is InChI=1S/C21H40O3S/c1-3-5-6-7-8-9-10-11-12-13-14-17-20(25-4-2)19(22)16-15-18-21(23)24/h14,17,19-20,22H,3-13,15-16,18H2,1-2H3,(H,23,24)/t19-,20+/m0/s1. The van der Waals surface area contributed by atoms with Gasteiger partial charge < -0.3 is 10.2 Å². The SMILES string of the molecule is CCCCCCCCCCCC=C[C@@H](SCC)[C@@H](O)CCCC(=O)O. The van der Waals surface area contributed by atoms with Crippen LogP contribution in [0.5, 0.6) is 0 Å². The van der Waals surface area contributed by atoms with Crippen LogP contribution in [0.25, 0.3) is 0 Å². The highest BCUT2D eigenvalue weighted by molar-refractivity contribution is 8.00. The third kappa shape index (κ3) is 16.7. The molecule has 0 aliphatic carbocycles. The molecule has 0 unspecified atom stereocenters. The van der Waals surface area contributed by atoms with Crippen LogP contribution in [0.3, 0.4) is 0 Å². The molecule has 3 nitrogen and oxygen atoms in total. The normalized spacial score (nSPS) is 14.0. The second-order valence-corrected chi connectivity index (χ2v) is 8.27. The summed E-state index contributed by atoms with van der Waals surface area (Å²) in [6.07, 6.45) is 18.3. The molecule has 25 heavy (non-hydrogen) atoms.